The Balaban J connectivity index is 1.36. The summed E-state index contributed by atoms with van der Waals surface area (Å²) in [6.45, 7) is 5.55. The van der Waals surface area contributed by atoms with E-state index in [2.05, 4.69) is 100 Å². The summed E-state index contributed by atoms with van der Waals surface area (Å²) in [6, 6.07) is 16.9. The molecule has 0 saturated heterocycles. The molecule has 3 aromatic rings. The normalized spacial score (nSPS) is 18.9. The summed E-state index contributed by atoms with van der Waals surface area (Å²) >= 11 is 0. The van der Waals surface area contributed by atoms with Crippen LogP contribution in [0.2, 0.25) is 0 Å². The highest BCUT2D eigenvalue weighted by Crippen LogP contribution is 2.46. The molecule has 0 radical (unpaired) electrons. The van der Waals surface area contributed by atoms with E-state index in [1.54, 1.807) is 0 Å². The van der Waals surface area contributed by atoms with Gasteiger partial charge in [0.2, 0.25) is 0 Å². The lowest BCUT2D eigenvalue weighted by Gasteiger charge is -2.23. The van der Waals surface area contributed by atoms with Crippen molar-refractivity contribution < 1.29 is 0 Å². The van der Waals surface area contributed by atoms with Crippen LogP contribution in [0.3, 0.4) is 0 Å². The zero-order chi connectivity index (χ0) is 21.4. The second-order valence-corrected chi connectivity index (χ2v) is 8.98. The summed E-state index contributed by atoms with van der Waals surface area (Å²) < 4.78 is 2.28. The Bertz CT molecular complexity index is 1150. The molecule has 0 spiro atoms. The van der Waals surface area contributed by atoms with Gasteiger partial charge < -0.3 is 9.47 Å². The fourth-order valence-corrected chi connectivity index (χ4v) is 4.89. The number of fused-ring (bicyclic) bond motifs is 2. The van der Waals surface area contributed by atoms with Crippen molar-refractivity contribution in [1.82, 2.24) is 14.8 Å². The molecule has 0 aliphatic carbocycles. The standard InChI is InChI=1S/C26H29N5/c1-26(2)21-9-6-7-10-22(21)30(3)23(26)16-17-27-20-14-12-19(13-15-20)25-29-28-24-11-5-4-8-18-31(24)25/h6-7,9-10,12-17H,4-5,8,11,18H2,1-3H3/b23-16+,27-17?. The molecule has 0 bridgehead atoms. The lowest BCUT2D eigenvalue weighted by atomic mass is 9.84. The number of anilines is 1. The van der Waals surface area contributed by atoms with Crippen molar-refractivity contribution in [1.29, 1.82) is 0 Å². The first-order valence-electron chi connectivity index (χ1n) is 11.2. The number of allylic oxidation sites excluding steroid dienone is 2. The van der Waals surface area contributed by atoms with E-state index in [0.717, 1.165) is 35.9 Å². The number of benzene rings is 2. The van der Waals surface area contributed by atoms with Crippen molar-refractivity contribution in [2.24, 2.45) is 4.99 Å². The molecule has 1 aromatic heterocycles. The molecule has 3 heterocycles. The van der Waals surface area contributed by atoms with Crippen LogP contribution in [0.25, 0.3) is 11.4 Å². The molecular weight excluding hydrogens is 382 g/mol. The molecule has 2 aromatic carbocycles. The smallest absolute Gasteiger partial charge is 0.163 e. The van der Waals surface area contributed by atoms with Crippen LogP contribution < -0.4 is 4.90 Å². The SMILES string of the molecule is CN1/C(=C/C=Nc2ccc(-c3nnc4n3CCCCC4)cc2)C(C)(C)c2ccccc21. The average Bonchev–Trinajstić information content (AvgIpc) is 3.14. The Kier molecular flexibility index (Phi) is 4.97. The molecule has 0 saturated carbocycles. The van der Waals surface area contributed by atoms with Gasteiger partial charge in [-0.3, -0.25) is 4.99 Å². The maximum Gasteiger partial charge on any atom is 0.163 e. The van der Waals surface area contributed by atoms with Crippen LogP contribution in [0.4, 0.5) is 11.4 Å². The molecule has 0 unspecified atom stereocenters. The number of hydrogen-bond acceptors (Lipinski definition) is 4. The van der Waals surface area contributed by atoms with Crippen molar-refractivity contribution >= 4 is 17.6 Å². The van der Waals surface area contributed by atoms with Crippen molar-refractivity contribution in [2.45, 2.75) is 51.5 Å². The minimum absolute atomic E-state index is 0.0350. The van der Waals surface area contributed by atoms with Crippen LogP contribution in [-0.2, 0) is 18.4 Å². The summed E-state index contributed by atoms with van der Waals surface area (Å²) in [5.74, 6) is 2.09. The lowest BCUT2D eigenvalue weighted by Crippen LogP contribution is -2.22. The van der Waals surface area contributed by atoms with Gasteiger partial charge in [-0.2, -0.15) is 0 Å². The van der Waals surface area contributed by atoms with Crippen molar-refractivity contribution in [3.63, 3.8) is 0 Å². The largest absolute Gasteiger partial charge is 0.347 e. The number of rotatable bonds is 3. The van der Waals surface area contributed by atoms with Gasteiger partial charge in [0.15, 0.2) is 5.82 Å². The second-order valence-electron chi connectivity index (χ2n) is 8.98. The van der Waals surface area contributed by atoms with Gasteiger partial charge >= 0.3 is 0 Å². The second kappa shape index (κ2) is 7.80. The quantitative estimate of drug-likeness (QED) is 0.521. The Hall–Kier alpha value is -3.21. The van der Waals surface area contributed by atoms with Gasteiger partial charge in [-0.05, 0) is 54.8 Å². The lowest BCUT2D eigenvalue weighted by molar-refractivity contribution is 0.636. The monoisotopic (exact) mass is 411 g/mol. The van der Waals surface area contributed by atoms with E-state index >= 15 is 0 Å². The molecule has 2 aliphatic heterocycles. The molecule has 31 heavy (non-hydrogen) atoms. The fourth-order valence-electron chi connectivity index (χ4n) is 4.89. The summed E-state index contributed by atoms with van der Waals surface area (Å²) in [6.07, 6.45) is 8.74. The molecule has 0 N–H and O–H groups in total. The van der Waals surface area contributed by atoms with Crippen LogP contribution >= 0.6 is 0 Å². The Morgan fingerprint density at radius 1 is 0.968 bits per heavy atom. The molecule has 5 rings (SSSR count). The van der Waals surface area contributed by atoms with Crippen LogP contribution in [0.15, 0.2) is 65.3 Å². The van der Waals surface area contributed by atoms with Crippen molar-refractivity contribution in [3.8, 4) is 11.4 Å². The van der Waals surface area contributed by atoms with Gasteiger partial charge in [0.25, 0.3) is 0 Å². The van der Waals surface area contributed by atoms with E-state index in [1.807, 2.05) is 6.21 Å². The molecular formula is C26H29N5. The number of aryl methyl sites for hydroxylation is 1. The van der Waals surface area contributed by atoms with E-state index < -0.39 is 0 Å². The van der Waals surface area contributed by atoms with Gasteiger partial charge in [-0.1, -0.05) is 38.5 Å². The number of aliphatic imine (C=N–C) groups is 1. The fraction of sp³-hybridized carbons (Fsp3) is 0.346. The van der Waals surface area contributed by atoms with Gasteiger partial charge in [0.1, 0.15) is 5.82 Å². The first-order valence-corrected chi connectivity index (χ1v) is 11.2. The first kappa shape index (κ1) is 19.7. The zero-order valence-electron chi connectivity index (χ0n) is 18.5. The number of para-hydroxylation sites is 1. The zero-order valence-corrected chi connectivity index (χ0v) is 18.5. The first-order chi connectivity index (χ1) is 15.1. The van der Waals surface area contributed by atoms with Crippen LogP contribution in [-0.4, -0.2) is 28.0 Å². The number of likely N-dealkylation sites (N-methyl/N-ethyl adjacent to an activating group) is 1. The van der Waals surface area contributed by atoms with Crippen molar-refractivity contribution in [3.05, 3.63) is 71.7 Å². The average molecular weight is 412 g/mol. The Morgan fingerprint density at radius 3 is 2.58 bits per heavy atom. The molecule has 0 fully saturated rings. The topological polar surface area (TPSA) is 46.3 Å². The summed E-state index contributed by atoms with van der Waals surface area (Å²) in [7, 11) is 2.13. The molecule has 2 aliphatic rings. The molecule has 5 heteroatoms. The van der Waals surface area contributed by atoms with Crippen LogP contribution in [0.1, 0.15) is 44.5 Å². The maximum atomic E-state index is 4.69. The number of hydrogen-bond donors (Lipinski definition) is 0. The highest BCUT2D eigenvalue weighted by Gasteiger charge is 2.37. The van der Waals surface area contributed by atoms with E-state index in [0.29, 0.717) is 0 Å². The minimum Gasteiger partial charge on any atom is -0.347 e. The Labute approximate surface area is 184 Å². The maximum absolute atomic E-state index is 4.69. The number of nitrogens with zero attached hydrogens (tertiary/aromatic N) is 5. The minimum atomic E-state index is -0.0350. The third kappa shape index (κ3) is 3.48. The summed E-state index contributed by atoms with van der Waals surface area (Å²) in [5.41, 5.74) is 5.88. The molecule has 5 nitrogen and oxygen atoms in total. The van der Waals surface area contributed by atoms with Crippen LogP contribution in [0.5, 0.6) is 0 Å². The summed E-state index contributed by atoms with van der Waals surface area (Å²) in [5, 5.41) is 8.88. The highest BCUT2D eigenvalue weighted by molar-refractivity contribution is 5.81. The van der Waals surface area contributed by atoms with E-state index in [-0.39, 0.29) is 5.41 Å². The molecule has 0 amide bonds. The summed E-state index contributed by atoms with van der Waals surface area (Å²) in [4.78, 5) is 6.95. The van der Waals surface area contributed by atoms with E-state index in [4.69, 9.17) is 0 Å². The van der Waals surface area contributed by atoms with Gasteiger partial charge in [-0.25, -0.2) is 0 Å². The third-order valence-electron chi connectivity index (χ3n) is 6.63. The van der Waals surface area contributed by atoms with Gasteiger partial charge in [-0.15, -0.1) is 10.2 Å². The molecule has 158 valence electrons. The third-order valence-corrected chi connectivity index (χ3v) is 6.63. The Morgan fingerprint density at radius 2 is 1.77 bits per heavy atom. The van der Waals surface area contributed by atoms with Crippen LogP contribution in [0, 0.1) is 0 Å². The van der Waals surface area contributed by atoms with E-state index in [9.17, 15) is 0 Å². The predicted octanol–water partition coefficient (Wildman–Crippen LogP) is 5.69. The van der Waals surface area contributed by atoms with Crippen molar-refractivity contribution in [2.75, 3.05) is 11.9 Å². The predicted molar refractivity (Wildman–Crippen MR) is 127 cm³/mol. The van der Waals surface area contributed by atoms with Gasteiger partial charge in [0.05, 0.1) is 5.69 Å². The number of aromatic nitrogens is 3. The van der Waals surface area contributed by atoms with E-state index in [1.165, 1.54) is 36.2 Å². The highest BCUT2D eigenvalue weighted by atomic mass is 15.3. The van der Waals surface area contributed by atoms with Gasteiger partial charge in [0, 0.05) is 48.6 Å². The molecule has 0 atom stereocenters.